The van der Waals surface area contributed by atoms with E-state index >= 15 is 0 Å². The molecule has 0 radical (unpaired) electrons. The van der Waals surface area contributed by atoms with Crippen LogP contribution in [0.2, 0.25) is 10.0 Å². The number of benzene rings is 2. The quantitative estimate of drug-likeness (QED) is 0.774. The number of urea groups is 1. The predicted octanol–water partition coefficient (Wildman–Crippen LogP) is 4.56. The van der Waals surface area contributed by atoms with E-state index in [1.54, 1.807) is 23.1 Å². The molecule has 4 nitrogen and oxygen atoms in total. The van der Waals surface area contributed by atoms with Crippen molar-refractivity contribution < 1.29 is 9.53 Å². The molecule has 6 heteroatoms. The molecule has 2 aromatic rings. The number of amides is 2. The standard InChI is InChI=1S/C17H18Cl2N2O2/c1-2-21(11-13-6-4-3-5-7-13)17(22)20-12-23-16-9-8-14(18)10-15(16)19/h3-10H,2,11-12H2,1H3,(H,20,22). The zero-order valence-electron chi connectivity index (χ0n) is 12.8. The van der Waals surface area contributed by atoms with Crippen LogP contribution in [0.15, 0.2) is 48.5 Å². The van der Waals surface area contributed by atoms with Crippen molar-refractivity contribution in [2.75, 3.05) is 13.3 Å². The van der Waals surface area contributed by atoms with Crippen LogP contribution in [0.5, 0.6) is 5.75 Å². The van der Waals surface area contributed by atoms with Gasteiger partial charge in [-0.2, -0.15) is 0 Å². The van der Waals surface area contributed by atoms with Crippen molar-refractivity contribution in [1.82, 2.24) is 10.2 Å². The van der Waals surface area contributed by atoms with E-state index in [0.29, 0.717) is 28.9 Å². The number of hydrogen-bond acceptors (Lipinski definition) is 2. The summed E-state index contributed by atoms with van der Waals surface area (Å²) in [6.45, 7) is 3.11. The summed E-state index contributed by atoms with van der Waals surface area (Å²) >= 11 is 11.8. The second-order valence-corrected chi connectivity index (χ2v) is 5.69. The van der Waals surface area contributed by atoms with Gasteiger partial charge < -0.3 is 15.0 Å². The highest BCUT2D eigenvalue weighted by atomic mass is 35.5. The van der Waals surface area contributed by atoms with Gasteiger partial charge in [0.2, 0.25) is 0 Å². The molecule has 0 aliphatic rings. The molecule has 0 aliphatic heterocycles. The largest absolute Gasteiger partial charge is 0.472 e. The zero-order valence-corrected chi connectivity index (χ0v) is 14.3. The summed E-state index contributed by atoms with van der Waals surface area (Å²) in [5, 5.41) is 3.66. The summed E-state index contributed by atoms with van der Waals surface area (Å²) in [7, 11) is 0. The average molecular weight is 353 g/mol. The molecular weight excluding hydrogens is 335 g/mol. The summed E-state index contributed by atoms with van der Waals surface area (Å²) < 4.78 is 5.46. The molecule has 2 rings (SSSR count). The maximum atomic E-state index is 12.2. The van der Waals surface area contributed by atoms with E-state index in [1.165, 1.54) is 0 Å². The lowest BCUT2D eigenvalue weighted by molar-refractivity contribution is 0.184. The van der Waals surface area contributed by atoms with Gasteiger partial charge in [0.05, 0.1) is 5.02 Å². The van der Waals surface area contributed by atoms with Crippen LogP contribution in [-0.4, -0.2) is 24.2 Å². The first-order valence-electron chi connectivity index (χ1n) is 7.24. The van der Waals surface area contributed by atoms with E-state index < -0.39 is 0 Å². The topological polar surface area (TPSA) is 41.6 Å². The van der Waals surface area contributed by atoms with Crippen LogP contribution >= 0.6 is 23.2 Å². The molecule has 0 spiro atoms. The van der Waals surface area contributed by atoms with E-state index in [9.17, 15) is 4.79 Å². The molecule has 23 heavy (non-hydrogen) atoms. The van der Waals surface area contributed by atoms with Gasteiger partial charge in [0.25, 0.3) is 0 Å². The van der Waals surface area contributed by atoms with Crippen molar-refractivity contribution in [2.24, 2.45) is 0 Å². The normalized spacial score (nSPS) is 10.2. The van der Waals surface area contributed by atoms with Crippen molar-refractivity contribution in [2.45, 2.75) is 13.5 Å². The smallest absolute Gasteiger partial charge is 0.320 e. The lowest BCUT2D eigenvalue weighted by Gasteiger charge is -2.21. The fraction of sp³-hybridized carbons (Fsp3) is 0.235. The third-order valence-corrected chi connectivity index (χ3v) is 3.76. The predicted molar refractivity (Wildman–Crippen MR) is 93.0 cm³/mol. The second kappa shape index (κ2) is 8.65. The molecular formula is C17H18Cl2N2O2. The minimum atomic E-state index is -0.193. The van der Waals surface area contributed by atoms with Crippen molar-refractivity contribution in [1.29, 1.82) is 0 Å². The molecule has 0 aromatic heterocycles. The van der Waals surface area contributed by atoms with E-state index in [1.807, 2.05) is 37.3 Å². The van der Waals surface area contributed by atoms with Crippen molar-refractivity contribution in [3.63, 3.8) is 0 Å². The van der Waals surface area contributed by atoms with Crippen LogP contribution in [0.4, 0.5) is 4.79 Å². The third-order valence-electron chi connectivity index (χ3n) is 3.23. The highest BCUT2D eigenvalue weighted by molar-refractivity contribution is 6.35. The molecule has 0 aliphatic carbocycles. The number of carbonyl (C=O) groups excluding carboxylic acids is 1. The van der Waals surface area contributed by atoms with Crippen LogP contribution in [0.3, 0.4) is 0 Å². The Kier molecular flexibility index (Phi) is 6.56. The van der Waals surface area contributed by atoms with Crippen LogP contribution < -0.4 is 10.1 Å². The molecule has 0 unspecified atom stereocenters. The number of carbonyl (C=O) groups is 1. The van der Waals surface area contributed by atoms with E-state index in [0.717, 1.165) is 5.56 Å². The molecule has 0 atom stereocenters. The monoisotopic (exact) mass is 352 g/mol. The van der Waals surface area contributed by atoms with Gasteiger partial charge in [-0.25, -0.2) is 4.79 Å². The van der Waals surface area contributed by atoms with Crippen LogP contribution in [0.25, 0.3) is 0 Å². The van der Waals surface area contributed by atoms with Gasteiger partial charge in [-0.1, -0.05) is 53.5 Å². The van der Waals surface area contributed by atoms with E-state index in [-0.39, 0.29) is 12.8 Å². The molecule has 0 fully saturated rings. The van der Waals surface area contributed by atoms with Gasteiger partial charge in [0.1, 0.15) is 5.75 Å². The first-order chi connectivity index (χ1) is 11.1. The summed E-state index contributed by atoms with van der Waals surface area (Å²) in [4.78, 5) is 13.9. The summed E-state index contributed by atoms with van der Waals surface area (Å²) in [6.07, 6.45) is 0. The highest BCUT2D eigenvalue weighted by Crippen LogP contribution is 2.27. The Balaban J connectivity index is 1.85. The maximum absolute atomic E-state index is 12.2. The molecule has 0 heterocycles. The number of rotatable bonds is 6. The molecule has 0 saturated heterocycles. The van der Waals surface area contributed by atoms with Gasteiger partial charge in [0.15, 0.2) is 6.73 Å². The first kappa shape index (κ1) is 17.4. The third kappa shape index (κ3) is 5.34. The van der Waals surface area contributed by atoms with Gasteiger partial charge >= 0.3 is 6.03 Å². The highest BCUT2D eigenvalue weighted by Gasteiger charge is 2.12. The zero-order chi connectivity index (χ0) is 16.7. The number of hydrogen-bond donors (Lipinski definition) is 1. The van der Waals surface area contributed by atoms with E-state index in [4.69, 9.17) is 27.9 Å². The Labute approximate surface area is 146 Å². The molecule has 2 aromatic carbocycles. The van der Waals surface area contributed by atoms with E-state index in [2.05, 4.69) is 5.32 Å². The summed E-state index contributed by atoms with van der Waals surface area (Å²) in [5.74, 6) is 0.475. The van der Waals surface area contributed by atoms with Gasteiger partial charge in [-0.3, -0.25) is 0 Å². The lowest BCUT2D eigenvalue weighted by atomic mass is 10.2. The Hall–Kier alpha value is -1.91. The first-order valence-corrected chi connectivity index (χ1v) is 8.00. The molecule has 0 saturated carbocycles. The van der Waals surface area contributed by atoms with Gasteiger partial charge in [-0.05, 0) is 30.7 Å². The maximum Gasteiger partial charge on any atom is 0.320 e. The molecule has 2 amide bonds. The van der Waals surface area contributed by atoms with Crippen LogP contribution in [-0.2, 0) is 6.54 Å². The molecule has 122 valence electrons. The minimum Gasteiger partial charge on any atom is -0.472 e. The second-order valence-electron chi connectivity index (χ2n) is 4.85. The van der Waals surface area contributed by atoms with Crippen LogP contribution in [0.1, 0.15) is 12.5 Å². The fourth-order valence-electron chi connectivity index (χ4n) is 2.01. The summed E-state index contributed by atoms with van der Waals surface area (Å²) in [5.41, 5.74) is 1.08. The lowest BCUT2D eigenvalue weighted by Crippen LogP contribution is -2.41. The number of halogens is 2. The molecule has 0 bridgehead atoms. The number of nitrogens with one attached hydrogen (secondary N) is 1. The van der Waals surface area contributed by atoms with Gasteiger partial charge in [0, 0.05) is 18.1 Å². The number of ether oxygens (including phenoxy) is 1. The summed E-state index contributed by atoms with van der Waals surface area (Å²) in [6, 6.07) is 14.6. The van der Waals surface area contributed by atoms with Crippen LogP contribution in [0, 0.1) is 0 Å². The van der Waals surface area contributed by atoms with Gasteiger partial charge in [-0.15, -0.1) is 0 Å². The van der Waals surface area contributed by atoms with Crippen molar-refractivity contribution >= 4 is 29.2 Å². The van der Waals surface area contributed by atoms with Crippen molar-refractivity contribution in [3.8, 4) is 5.75 Å². The van der Waals surface area contributed by atoms with Crippen molar-refractivity contribution in [3.05, 3.63) is 64.1 Å². The Morgan fingerprint density at radius 1 is 1.17 bits per heavy atom. The Morgan fingerprint density at radius 2 is 1.91 bits per heavy atom. The molecule has 1 N–H and O–H groups in total. The number of nitrogens with zero attached hydrogens (tertiary/aromatic N) is 1. The Morgan fingerprint density at radius 3 is 2.57 bits per heavy atom. The SMILES string of the molecule is CCN(Cc1ccccc1)C(=O)NCOc1ccc(Cl)cc1Cl. The minimum absolute atomic E-state index is 0.0332. The Bertz CT molecular complexity index is 650. The average Bonchev–Trinajstić information content (AvgIpc) is 2.55. The fourth-order valence-corrected chi connectivity index (χ4v) is 2.47.